The second-order valence-corrected chi connectivity index (χ2v) is 6.14. The van der Waals surface area contributed by atoms with Gasteiger partial charge in [-0.3, -0.25) is 0 Å². The smallest absolute Gasteiger partial charge is 0.0347 e. The zero-order valence-electron chi connectivity index (χ0n) is 9.85. The third-order valence-electron chi connectivity index (χ3n) is 4.17. The monoisotopic (exact) mass is 204 g/mol. The Morgan fingerprint density at radius 3 is 2.87 bits per heavy atom. The molecule has 2 nitrogen and oxygen atoms in total. The standard InChI is InChI=1S/C13H20N2/c1-13(2,3)9-4-10-12-8(6-14-10)7-15-11(12)5-9/h6,9,11,14-15H,4-5,7H2,1-3H3. The van der Waals surface area contributed by atoms with E-state index in [2.05, 4.69) is 37.3 Å². The van der Waals surface area contributed by atoms with Crippen molar-refractivity contribution in [3.05, 3.63) is 23.0 Å². The van der Waals surface area contributed by atoms with Crippen molar-refractivity contribution < 1.29 is 0 Å². The molecule has 0 saturated carbocycles. The summed E-state index contributed by atoms with van der Waals surface area (Å²) >= 11 is 0. The fourth-order valence-electron chi connectivity index (χ4n) is 3.08. The molecule has 1 aliphatic heterocycles. The molecule has 2 aliphatic rings. The summed E-state index contributed by atoms with van der Waals surface area (Å²) in [7, 11) is 0. The highest BCUT2D eigenvalue weighted by molar-refractivity contribution is 5.39. The van der Waals surface area contributed by atoms with Gasteiger partial charge in [-0.05, 0) is 35.3 Å². The lowest BCUT2D eigenvalue weighted by Crippen LogP contribution is -2.31. The van der Waals surface area contributed by atoms with Gasteiger partial charge in [-0.2, -0.15) is 0 Å². The zero-order chi connectivity index (χ0) is 10.6. The molecule has 3 rings (SSSR count). The van der Waals surface area contributed by atoms with Crippen molar-refractivity contribution >= 4 is 0 Å². The van der Waals surface area contributed by atoms with Gasteiger partial charge >= 0.3 is 0 Å². The normalized spacial score (nSPS) is 29.3. The van der Waals surface area contributed by atoms with E-state index < -0.39 is 0 Å². The van der Waals surface area contributed by atoms with E-state index in [1.165, 1.54) is 24.1 Å². The molecule has 2 heteroatoms. The second-order valence-electron chi connectivity index (χ2n) is 6.14. The highest BCUT2D eigenvalue weighted by Crippen LogP contribution is 2.44. The minimum atomic E-state index is 0.424. The number of hydrogen-bond donors (Lipinski definition) is 2. The van der Waals surface area contributed by atoms with E-state index in [4.69, 9.17) is 0 Å². The highest BCUT2D eigenvalue weighted by atomic mass is 15.0. The van der Waals surface area contributed by atoms with Crippen LogP contribution in [0.25, 0.3) is 0 Å². The van der Waals surface area contributed by atoms with Crippen molar-refractivity contribution in [3.8, 4) is 0 Å². The lowest BCUT2D eigenvalue weighted by molar-refractivity contribution is 0.192. The maximum absolute atomic E-state index is 3.63. The Balaban J connectivity index is 1.97. The zero-order valence-corrected chi connectivity index (χ0v) is 9.85. The minimum Gasteiger partial charge on any atom is -0.364 e. The van der Waals surface area contributed by atoms with Crippen LogP contribution >= 0.6 is 0 Å². The Morgan fingerprint density at radius 2 is 2.13 bits per heavy atom. The molecule has 2 N–H and O–H groups in total. The van der Waals surface area contributed by atoms with Crippen LogP contribution < -0.4 is 5.32 Å². The first-order chi connectivity index (χ1) is 7.05. The largest absolute Gasteiger partial charge is 0.364 e. The van der Waals surface area contributed by atoms with Gasteiger partial charge in [0.1, 0.15) is 0 Å². The van der Waals surface area contributed by atoms with Gasteiger partial charge in [-0.15, -0.1) is 0 Å². The summed E-state index contributed by atoms with van der Waals surface area (Å²) in [6.45, 7) is 8.15. The lowest BCUT2D eigenvalue weighted by Gasteiger charge is -2.36. The molecule has 0 spiro atoms. The molecule has 0 saturated heterocycles. The lowest BCUT2D eigenvalue weighted by atomic mass is 9.71. The Morgan fingerprint density at radius 1 is 1.33 bits per heavy atom. The summed E-state index contributed by atoms with van der Waals surface area (Å²) in [6.07, 6.45) is 4.74. The van der Waals surface area contributed by atoms with Crippen molar-refractivity contribution in [1.82, 2.24) is 10.3 Å². The molecule has 1 aromatic rings. The molecule has 1 aromatic heterocycles. The van der Waals surface area contributed by atoms with E-state index in [-0.39, 0.29) is 0 Å². The fraction of sp³-hybridized carbons (Fsp3) is 0.692. The van der Waals surface area contributed by atoms with Crippen molar-refractivity contribution in [1.29, 1.82) is 0 Å². The molecule has 0 bridgehead atoms. The molecule has 2 heterocycles. The number of rotatable bonds is 0. The van der Waals surface area contributed by atoms with Gasteiger partial charge < -0.3 is 10.3 Å². The first-order valence-corrected chi connectivity index (χ1v) is 5.98. The topological polar surface area (TPSA) is 27.8 Å². The fourth-order valence-corrected chi connectivity index (χ4v) is 3.08. The molecule has 2 atom stereocenters. The van der Waals surface area contributed by atoms with Crippen LogP contribution in [0.4, 0.5) is 0 Å². The maximum Gasteiger partial charge on any atom is 0.0347 e. The SMILES string of the molecule is CC(C)(C)C1Cc2[nH]cc3c2C(C1)NC3. The predicted octanol–water partition coefficient (Wildman–Crippen LogP) is 2.77. The molecule has 0 radical (unpaired) electrons. The number of H-pyrrole nitrogens is 1. The van der Waals surface area contributed by atoms with Crippen molar-refractivity contribution in [2.45, 2.75) is 46.2 Å². The molecule has 82 valence electrons. The van der Waals surface area contributed by atoms with Crippen molar-refractivity contribution in [2.24, 2.45) is 11.3 Å². The number of hydrogen-bond acceptors (Lipinski definition) is 1. The summed E-state index contributed by atoms with van der Waals surface area (Å²) in [4.78, 5) is 3.47. The third kappa shape index (κ3) is 1.35. The van der Waals surface area contributed by atoms with Gasteiger partial charge in [0.2, 0.25) is 0 Å². The van der Waals surface area contributed by atoms with Crippen molar-refractivity contribution in [3.63, 3.8) is 0 Å². The average Bonchev–Trinajstić information content (AvgIpc) is 2.72. The molecule has 1 aliphatic carbocycles. The molecule has 0 aromatic carbocycles. The van der Waals surface area contributed by atoms with E-state index in [0.717, 1.165) is 12.5 Å². The van der Waals surface area contributed by atoms with Crippen LogP contribution in [-0.2, 0) is 13.0 Å². The third-order valence-corrected chi connectivity index (χ3v) is 4.17. The number of nitrogens with one attached hydrogen (secondary N) is 2. The molecular weight excluding hydrogens is 184 g/mol. The molecule has 2 unspecified atom stereocenters. The Hall–Kier alpha value is -0.760. The van der Waals surface area contributed by atoms with Gasteiger partial charge in [0.25, 0.3) is 0 Å². The van der Waals surface area contributed by atoms with Crippen LogP contribution in [0, 0.1) is 11.3 Å². The van der Waals surface area contributed by atoms with Crippen molar-refractivity contribution in [2.75, 3.05) is 0 Å². The van der Waals surface area contributed by atoms with Crippen LogP contribution in [0.1, 0.15) is 50.1 Å². The van der Waals surface area contributed by atoms with Gasteiger partial charge in [-0.25, -0.2) is 0 Å². The van der Waals surface area contributed by atoms with E-state index in [1.807, 2.05) is 0 Å². The van der Waals surface area contributed by atoms with E-state index in [1.54, 1.807) is 5.56 Å². The molecule has 15 heavy (non-hydrogen) atoms. The minimum absolute atomic E-state index is 0.424. The van der Waals surface area contributed by atoms with Gasteiger partial charge in [0, 0.05) is 24.5 Å². The predicted molar refractivity (Wildman–Crippen MR) is 61.6 cm³/mol. The quantitative estimate of drug-likeness (QED) is 0.668. The molecular formula is C13H20N2. The number of aromatic amines is 1. The summed E-state index contributed by atoms with van der Waals surface area (Å²) in [5.74, 6) is 0.798. The first kappa shape index (κ1) is 9.46. The number of aromatic nitrogens is 1. The summed E-state index contributed by atoms with van der Waals surface area (Å²) in [6, 6.07) is 0.624. The molecule has 0 amide bonds. The van der Waals surface area contributed by atoms with Gasteiger partial charge in [0.05, 0.1) is 0 Å². The maximum atomic E-state index is 3.63. The Labute approximate surface area is 91.5 Å². The second kappa shape index (κ2) is 2.88. The van der Waals surface area contributed by atoms with Crippen LogP contribution in [0.3, 0.4) is 0 Å². The molecule has 0 fully saturated rings. The summed E-state index contributed by atoms with van der Waals surface area (Å²) in [5, 5.41) is 3.63. The highest BCUT2D eigenvalue weighted by Gasteiger charge is 2.37. The Kier molecular flexibility index (Phi) is 1.82. The van der Waals surface area contributed by atoms with Crippen LogP contribution in [0.2, 0.25) is 0 Å². The van der Waals surface area contributed by atoms with E-state index >= 15 is 0 Å². The summed E-state index contributed by atoms with van der Waals surface area (Å²) in [5.41, 5.74) is 5.01. The van der Waals surface area contributed by atoms with Crippen LogP contribution in [0.15, 0.2) is 6.20 Å². The van der Waals surface area contributed by atoms with Gasteiger partial charge in [-0.1, -0.05) is 20.8 Å². The summed E-state index contributed by atoms with van der Waals surface area (Å²) < 4.78 is 0. The van der Waals surface area contributed by atoms with Crippen LogP contribution in [-0.4, -0.2) is 4.98 Å². The van der Waals surface area contributed by atoms with E-state index in [0.29, 0.717) is 11.5 Å². The van der Waals surface area contributed by atoms with Gasteiger partial charge in [0.15, 0.2) is 0 Å². The first-order valence-electron chi connectivity index (χ1n) is 5.98. The Bertz CT molecular complexity index is 384. The van der Waals surface area contributed by atoms with E-state index in [9.17, 15) is 0 Å². The average molecular weight is 204 g/mol. The van der Waals surface area contributed by atoms with Crippen LogP contribution in [0.5, 0.6) is 0 Å².